The van der Waals surface area contributed by atoms with Gasteiger partial charge in [0.25, 0.3) is 5.91 Å². The van der Waals surface area contributed by atoms with E-state index in [2.05, 4.69) is 10.3 Å². The number of ether oxygens (including phenoxy) is 1. The van der Waals surface area contributed by atoms with Crippen LogP contribution in [-0.4, -0.2) is 54.0 Å². The van der Waals surface area contributed by atoms with Gasteiger partial charge in [-0.3, -0.25) is 9.59 Å². The van der Waals surface area contributed by atoms with Gasteiger partial charge in [-0.15, -0.1) is 0 Å². The van der Waals surface area contributed by atoms with Crippen LogP contribution in [0.25, 0.3) is 10.9 Å². The molecular weight excluding hydrogens is 294 g/mol. The molecule has 0 aliphatic carbocycles. The third-order valence-corrected chi connectivity index (χ3v) is 4.15. The number of H-pyrrole nitrogens is 1. The van der Waals surface area contributed by atoms with E-state index >= 15 is 0 Å². The third-order valence-electron chi connectivity index (χ3n) is 4.15. The van der Waals surface area contributed by atoms with Crippen LogP contribution in [0.1, 0.15) is 23.7 Å². The van der Waals surface area contributed by atoms with Crippen molar-refractivity contribution in [3.05, 3.63) is 36.0 Å². The Kier molecular flexibility index (Phi) is 4.62. The number of benzene rings is 1. The van der Waals surface area contributed by atoms with E-state index in [1.54, 1.807) is 11.0 Å². The zero-order chi connectivity index (χ0) is 16.2. The highest BCUT2D eigenvalue weighted by Crippen LogP contribution is 2.14. The molecule has 1 aliphatic rings. The Labute approximate surface area is 134 Å². The van der Waals surface area contributed by atoms with Gasteiger partial charge in [0.1, 0.15) is 6.04 Å². The van der Waals surface area contributed by atoms with Crippen molar-refractivity contribution in [3.63, 3.8) is 0 Å². The van der Waals surface area contributed by atoms with Crippen molar-refractivity contribution in [1.82, 2.24) is 15.2 Å². The summed E-state index contributed by atoms with van der Waals surface area (Å²) in [5.74, 6) is -0.256. The molecule has 0 bridgehead atoms. The number of aromatic amines is 1. The minimum Gasteiger partial charge on any atom is -0.378 e. The predicted molar refractivity (Wildman–Crippen MR) is 87.2 cm³/mol. The number of hydrogen-bond donors (Lipinski definition) is 2. The molecule has 3 rings (SSSR count). The number of carbonyl (C=O) groups is 2. The van der Waals surface area contributed by atoms with Gasteiger partial charge in [-0.25, -0.2) is 0 Å². The smallest absolute Gasteiger partial charge is 0.251 e. The third kappa shape index (κ3) is 3.37. The molecule has 1 aromatic carbocycles. The minimum absolute atomic E-state index is 0.0353. The summed E-state index contributed by atoms with van der Waals surface area (Å²) >= 11 is 0. The molecule has 1 aliphatic heterocycles. The molecule has 1 saturated heterocycles. The van der Waals surface area contributed by atoms with Gasteiger partial charge in [-0.05, 0) is 30.7 Å². The molecule has 23 heavy (non-hydrogen) atoms. The summed E-state index contributed by atoms with van der Waals surface area (Å²) in [6.45, 7) is 4.18. The van der Waals surface area contributed by atoms with Gasteiger partial charge in [0, 0.05) is 35.8 Å². The first kappa shape index (κ1) is 15.6. The SMILES string of the molecule is CC[C@@H](NC(=O)c1ccc2[nH]ccc2c1)C(=O)N1CCOCC1. The molecule has 2 N–H and O–H groups in total. The van der Waals surface area contributed by atoms with Crippen LogP contribution in [0.3, 0.4) is 0 Å². The van der Waals surface area contributed by atoms with E-state index < -0.39 is 6.04 Å². The molecule has 1 fully saturated rings. The van der Waals surface area contributed by atoms with Crippen molar-refractivity contribution in [2.75, 3.05) is 26.3 Å². The molecule has 1 aromatic heterocycles. The van der Waals surface area contributed by atoms with E-state index in [-0.39, 0.29) is 11.8 Å². The molecule has 0 unspecified atom stereocenters. The first-order chi connectivity index (χ1) is 11.2. The van der Waals surface area contributed by atoms with Gasteiger partial charge in [-0.2, -0.15) is 0 Å². The summed E-state index contributed by atoms with van der Waals surface area (Å²) in [5, 5.41) is 3.83. The van der Waals surface area contributed by atoms with E-state index in [4.69, 9.17) is 4.74 Å². The van der Waals surface area contributed by atoms with Crippen molar-refractivity contribution in [2.45, 2.75) is 19.4 Å². The number of amides is 2. The Balaban J connectivity index is 1.69. The van der Waals surface area contributed by atoms with Crippen molar-refractivity contribution in [1.29, 1.82) is 0 Å². The molecule has 122 valence electrons. The van der Waals surface area contributed by atoms with Gasteiger partial charge in [0.2, 0.25) is 5.91 Å². The molecule has 1 atom stereocenters. The highest BCUT2D eigenvalue weighted by Gasteiger charge is 2.26. The standard InChI is InChI=1S/C17H21N3O3/c1-2-14(17(22)20-7-9-23-10-8-20)19-16(21)13-3-4-15-12(11-13)5-6-18-15/h3-6,11,14,18H,2,7-10H2,1H3,(H,19,21)/t14-/m1/s1. The summed E-state index contributed by atoms with van der Waals surface area (Å²) in [7, 11) is 0. The molecule has 2 heterocycles. The average molecular weight is 315 g/mol. The lowest BCUT2D eigenvalue weighted by Gasteiger charge is -2.30. The van der Waals surface area contributed by atoms with E-state index in [9.17, 15) is 9.59 Å². The van der Waals surface area contributed by atoms with E-state index in [0.717, 1.165) is 10.9 Å². The minimum atomic E-state index is -0.498. The van der Waals surface area contributed by atoms with Crippen LogP contribution in [0.2, 0.25) is 0 Å². The predicted octanol–water partition coefficient (Wildman–Crippen LogP) is 1.54. The second kappa shape index (κ2) is 6.83. The van der Waals surface area contributed by atoms with Crippen LogP contribution < -0.4 is 5.32 Å². The Morgan fingerprint density at radius 3 is 2.83 bits per heavy atom. The quantitative estimate of drug-likeness (QED) is 0.898. The number of aromatic nitrogens is 1. The maximum absolute atomic E-state index is 12.5. The van der Waals surface area contributed by atoms with Crippen molar-refractivity contribution >= 4 is 22.7 Å². The lowest BCUT2D eigenvalue weighted by molar-refractivity contribution is -0.137. The summed E-state index contributed by atoms with van der Waals surface area (Å²) in [6, 6.07) is 6.88. The van der Waals surface area contributed by atoms with Gasteiger partial charge in [-0.1, -0.05) is 6.92 Å². The first-order valence-electron chi connectivity index (χ1n) is 7.93. The summed E-state index contributed by atoms with van der Waals surface area (Å²) in [6.07, 6.45) is 2.40. The van der Waals surface area contributed by atoms with Crippen LogP contribution >= 0.6 is 0 Å². The molecule has 2 aromatic rings. The number of carbonyl (C=O) groups excluding carboxylic acids is 2. The number of fused-ring (bicyclic) bond motifs is 1. The fraction of sp³-hybridized carbons (Fsp3) is 0.412. The Morgan fingerprint density at radius 2 is 2.09 bits per heavy atom. The topological polar surface area (TPSA) is 74.4 Å². The summed E-state index contributed by atoms with van der Waals surface area (Å²) < 4.78 is 5.26. The maximum Gasteiger partial charge on any atom is 0.251 e. The van der Waals surface area contributed by atoms with Crippen LogP contribution in [0.5, 0.6) is 0 Å². The highest BCUT2D eigenvalue weighted by molar-refractivity contribution is 6.00. The van der Waals surface area contributed by atoms with Gasteiger partial charge >= 0.3 is 0 Å². The normalized spacial score (nSPS) is 16.3. The van der Waals surface area contributed by atoms with Crippen molar-refractivity contribution < 1.29 is 14.3 Å². The fourth-order valence-corrected chi connectivity index (χ4v) is 2.78. The number of nitrogens with one attached hydrogen (secondary N) is 2. The van der Waals surface area contributed by atoms with Gasteiger partial charge < -0.3 is 19.9 Å². The lowest BCUT2D eigenvalue weighted by Crippen LogP contribution is -2.51. The van der Waals surface area contributed by atoms with Crippen LogP contribution in [0.4, 0.5) is 0 Å². The molecule has 6 heteroatoms. The number of rotatable bonds is 4. The molecular formula is C17H21N3O3. The number of morpholine rings is 1. The number of nitrogens with zero attached hydrogens (tertiary/aromatic N) is 1. The lowest BCUT2D eigenvalue weighted by atomic mass is 10.1. The van der Waals surface area contributed by atoms with Crippen LogP contribution in [0.15, 0.2) is 30.5 Å². The largest absolute Gasteiger partial charge is 0.378 e. The molecule has 0 radical (unpaired) electrons. The molecule has 0 spiro atoms. The second-order valence-electron chi connectivity index (χ2n) is 5.65. The average Bonchev–Trinajstić information content (AvgIpc) is 3.07. The highest BCUT2D eigenvalue weighted by atomic mass is 16.5. The Morgan fingerprint density at radius 1 is 1.30 bits per heavy atom. The monoisotopic (exact) mass is 315 g/mol. The van der Waals surface area contributed by atoms with E-state index in [1.807, 2.05) is 31.3 Å². The summed E-state index contributed by atoms with van der Waals surface area (Å²) in [4.78, 5) is 29.8. The first-order valence-corrected chi connectivity index (χ1v) is 7.93. The van der Waals surface area contributed by atoms with Crippen molar-refractivity contribution in [2.24, 2.45) is 0 Å². The maximum atomic E-state index is 12.5. The Bertz CT molecular complexity index is 704. The zero-order valence-electron chi connectivity index (χ0n) is 13.2. The van der Waals surface area contributed by atoms with Crippen LogP contribution in [0, 0.1) is 0 Å². The fourth-order valence-electron chi connectivity index (χ4n) is 2.78. The molecule has 2 amide bonds. The van der Waals surface area contributed by atoms with E-state index in [0.29, 0.717) is 38.3 Å². The van der Waals surface area contributed by atoms with Crippen molar-refractivity contribution in [3.8, 4) is 0 Å². The zero-order valence-corrected chi connectivity index (χ0v) is 13.2. The molecule has 0 saturated carbocycles. The van der Waals surface area contributed by atoms with E-state index in [1.165, 1.54) is 0 Å². The number of hydrogen-bond acceptors (Lipinski definition) is 3. The summed E-state index contributed by atoms with van der Waals surface area (Å²) in [5.41, 5.74) is 1.54. The molecule has 6 nitrogen and oxygen atoms in total. The van der Waals surface area contributed by atoms with Gasteiger partial charge in [0.05, 0.1) is 13.2 Å². The second-order valence-corrected chi connectivity index (χ2v) is 5.65. The van der Waals surface area contributed by atoms with Crippen LogP contribution in [-0.2, 0) is 9.53 Å². The van der Waals surface area contributed by atoms with Gasteiger partial charge in [0.15, 0.2) is 0 Å². The Hall–Kier alpha value is -2.34.